The molecule has 6 heteroatoms. The molecular formula is C14H9ClN2O3. The molecule has 0 saturated heterocycles. The maximum absolute atomic E-state index is 11.0. The van der Waals surface area contributed by atoms with E-state index in [1.807, 2.05) is 6.07 Å². The highest BCUT2D eigenvalue weighted by Crippen LogP contribution is 2.37. The highest BCUT2D eigenvalue weighted by atomic mass is 35.5. The van der Waals surface area contributed by atoms with E-state index in [2.05, 4.69) is 0 Å². The molecule has 0 spiro atoms. The molecule has 20 heavy (non-hydrogen) atoms. The molecule has 0 unspecified atom stereocenters. The van der Waals surface area contributed by atoms with E-state index in [4.69, 9.17) is 21.6 Å². The van der Waals surface area contributed by atoms with Crippen LogP contribution in [-0.4, -0.2) is 4.92 Å². The zero-order chi connectivity index (χ0) is 14.7. The molecule has 0 aliphatic heterocycles. The summed E-state index contributed by atoms with van der Waals surface area (Å²) in [6.07, 6.45) is 0. The number of hydrogen-bond donors (Lipinski definition) is 0. The summed E-state index contributed by atoms with van der Waals surface area (Å²) >= 11 is 5.94. The van der Waals surface area contributed by atoms with Crippen molar-refractivity contribution >= 4 is 17.3 Å². The second-order valence-electron chi connectivity index (χ2n) is 4.04. The van der Waals surface area contributed by atoms with Crippen molar-refractivity contribution in [3.63, 3.8) is 0 Å². The second-order valence-corrected chi connectivity index (χ2v) is 4.44. The van der Waals surface area contributed by atoms with E-state index in [1.165, 1.54) is 18.2 Å². The fourth-order valence-electron chi connectivity index (χ4n) is 1.69. The van der Waals surface area contributed by atoms with E-state index in [-0.39, 0.29) is 16.5 Å². The Morgan fingerprint density at radius 2 is 2.10 bits per heavy atom. The third-order valence-electron chi connectivity index (χ3n) is 2.68. The first kappa shape index (κ1) is 13.8. The highest BCUT2D eigenvalue weighted by molar-refractivity contribution is 6.32. The summed E-state index contributed by atoms with van der Waals surface area (Å²) in [6, 6.07) is 11.1. The third kappa shape index (κ3) is 2.71. The zero-order valence-electron chi connectivity index (χ0n) is 10.5. The minimum atomic E-state index is -0.558. The summed E-state index contributed by atoms with van der Waals surface area (Å²) in [5.41, 5.74) is 1.03. The highest BCUT2D eigenvalue weighted by Gasteiger charge is 2.19. The summed E-state index contributed by atoms with van der Waals surface area (Å²) < 4.78 is 5.50. The van der Waals surface area contributed by atoms with Crippen LogP contribution < -0.4 is 4.74 Å². The quantitative estimate of drug-likeness (QED) is 0.626. The van der Waals surface area contributed by atoms with Crippen LogP contribution in [0.2, 0.25) is 5.02 Å². The first-order valence-electron chi connectivity index (χ1n) is 5.64. The van der Waals surface area contributed by atoms with Gasteiger partial charge in [-0.2, -0.15) is 5.26 Å². The molecular weight excluding hydrogens is 280 g/mol. The number of benzene rings is 2. The lowest BCUT2D eigenvalue weighted by atomic mass is 10.1. The number of aryl methyl sites for hydroxylation is 1. The van der Waals surface area contributed by atoms with Gasteiger partial charge in [0.2, 0.25) is 5.75 Å². The minimum absolute atomic E-state index is 0.0109. The first-order chi connectivity index (χ1) is 9.52. The van der Waals surface area contributed by atoms with Crippen LogP contribution in [0.25, 0.3) is 0 Å². The predicted molar refractivity (Wildman–Crippen MR) is 74.1 cm³/mol. The van der Waals surface area contributed by atoms with E-state index in [0.29, 0.717) is 11.3 Å². The molecule has 0 radical (unpaired) electrons. The number of rotatable bonds is 3. The molecule has 0 amide bonds. The molecule has 2 rings (SSSR count). The third-order valence-corrected chi connectivity index (χ3v) is 2.98. The summed E-state index contributed by atoms with van der Waals surface area (Å²) in [5.74, 6) is 0.376. The number of nitrogens with zero attached hydrogens (tertiary/aromatic N) is 2. The lowest BCUT2D eigenvalue weighted by Gasteiger charge is -2.09. The molecule has 100 valence electrons. The Morgan fingerprint density at radius 1 is 1.35 bits per heavy atom. The average Bonchev–Trinajstić information content (AvgIpc) is 2.41. The molecule has 0 bridgehead atoms. The van der Waals surface area contributed by atoms with Crippen molar-refractivity contribution < 1.29 is 9.66 Å². The Labute approximate surface area is 120 Å². The van der Waals surface area contributed by atoms with Crippen molar-refractivity contribution in [1.82, 2.24) is 0 Å². The van der Waals surface area contributed by atoms with Crippen LogP contribution in [0.5, 0.6) is 11.5 Å². The van der Waals surface area contributed by atoms with E-state index < -0.39 is 4.92 Å². The van der Waals surface area contributed by atoms with Crippen molar-refractivity contribution in [2.45, 2.75) is 6.92 Å². The van der Waals surface area contributed by atoms with Crippen LogP contribution in [-0.2, 0) is 0 Å². The van der Waals surface area contributed by atoms with Crippen LogP contribution in [0, 0.1) is 28.4 Å². The maximum atomic E-state index is 11.0. The van der Waals surface area contributed by atoms with Crippen molar-refractivity contribution in [2.24, 2.45) is 0 Å². The molecule has 0 N–H and O–H groups in total. The van der Waals surface area contributed by atoms with Gasteiger partial charge in [0.15, 0.2) is 0 Å². The van der Waals surface area contributed by atoms with Gasteiger partial charge in [-0.1, -0.05) is 17.7 Å². The monoisotopic (exact) mass is 288 g/mol. The molecule has 5 nitrogen and oxygen atoms in total. The number of nitro benzene ring substituents is 1. The van der Waals surface area contributed by atoms with Crippen LogP contribution in [0.3, 0.4) is 0 Å². The number of halogens is 1. The molecule has 0 fully saturated rings. The number of nitriles is 1. The Balaban J connectivity index is 2.43. The van der Waals surface area contributed by atoms with Crippen LogP contribution in [0.4, 0.5) is 5.69 Å². The van der Waals surface area contributed by atoms with Gasteiger partial charge < -0.3 is 4.74 Å². The summed E-state index contributed by atoms with van der Waals surface area (Å²) in [5, 5.41) is 20.0. The Bertz CT molecular complexity index is 723. The number of para-hydroxylation sites is 1. The van der Waals surface area contributed by atoms with Crippen LogP contribution in [0.1, 0.15) is 11.1 Å². The summed E-state index contributed by atoms with van der Waals surface area (Å²) in [4.78, 5) is 10.4. The van der Waals surface area contributed by atoms with E-state index in [9.17, 15) is 10.1 Å². The molecule has 0 saturated carbocycles. The Morgan fingerprint density at radius 3 is 2.70 bits per heavy atom. The largest absolute Gasteiger partial charge is 0.449 e. The molecule has 2 aromatic carbocycles. The Hall–Kier alpha value is -2.58. The lowest BCUT2D eigenvalue weighted by molar-refractivity contribution is -0.385. The zero-order valence-corrected chi connectivity index (χ0v) is 11.2. The van der Waals surface area contributed by atoms with E-state index >= 15 is 0 Å². The van der Waals surface area contributed by atoms with Gasteiger partial charge in [-0.25, -0.2) is 0 Å². The average molecular weight is 289 g/mol. The van der Waals surface area contributed by atoms with Gasteiger partial charge in [-0.15, -0.1) is 0 Å². The second kappa shape index (κ2) is 5.59. The molecule has 0 aliphatic rings. The van der Waals surface area contributed by atoms with E-state index in [0.717, 1.165) is 5.56 Å². The maximum Gasteiger partial charge on any atom is 0.313 e. The normalized spacial score (nSPS) is 9.85. The Kier molecular flexibility index (Phi) is 3.87. The van der Waals surface area contributed by atoms with Gasteiger partial charge in [0.25, 0.3) is 0 Å². The van der Waals surface area contributed by atoms with Crippen molar-refractivity contribution in [3.05, 3.63) is 62.7 Å². The first-order valence-corrected chi connectivity index (χ1v) is 6.02. The van der Waals surface area contributed by atoms with Crippen LogP contribution in [0.15, 0.2) is 36.4 Å². The SMILES string of the molecule is Cc1cc(Oc2c(Cl)cccc2[N+](=O)[O-])ccc1C#N. The van der Waals surface area contributed by atoms with Crippen LogP contribution >= 0.6 is 11.6 Å². The predicted octanol–water partition coefficient (Wildman–Crippen LogP) is 4.22. The van der Waals surface area contributed by atoms with E-state index in [1.54, 1.807) is 25.1 Å². The fraction of sp³-hybridized carbons (Fsp3) is 0.0714. The molecule has 0 heterocycles. The van der Waals surface area contributed by atoms with Crippen molar-refractivity contribution in [3.8, 4) is 17.6 Å². The minimum Gasteiger partial charge on any atom is -0.449 e. The number of ether oxygens (including phenoxy) is 1. The fourth-order valence-corrected chi connectivity index (χ4v) is 1.89. The topological polar surface area (TPSA) is 76.2 Å². The molecule has 0 aliphatic carbocycles. The van der Waals surface area contributed by atoms with Gasteiger partial charge >= 0.3 is 5.69 Å². The number of hydrogen-bond acceptors (Lipinski definition) is 4. The van der Waals surface area contributed by atoms with Gasteiger partial charge in [-0.3, -0.25) is 10.1 Å². The van der Waals surface area contributed by atoms with Gasteiger partial charge in [-0.05, 0) is 36.8 Å². The molecule has 2 aromatic rings. The molecule has 0 atom stereocenters. The van der Waals surface area contributed by atoms with Gasteiger partial charge in [0.1, 0.15) is 5.75 Å². The standard InChI is InChI=1S/C14H9ClN2O3/c1-9-7-11(6-5-10(9)8-16)20-14-12(15)3-2-4-13(14)17(18)19/h2-7H,1H3. The summed E-state index contributed by atoms with van der Waals surface area (Å²) in [7, 11) is 0. The van der Waals surface area contributed by atoms with Crippen molar-refractivity contribution in [2.75, 3.05) is 0 Å². The molecule has 0 aromatic heterocycles. The summed E-state index contributed by atoms with van der Waals surface area (Å²) in [6.45, 7) is 1.76. The lowest BCUT2D eigenvalue weighted by Crippen LogP contribution is -1.94. The smallest absolute Gasteiger partial charge is 0.313 e. The van der Waals surface area contributed by atoms with Crippen molar-refractivity contribution in [1.29, 1.82) is 5.26 Å². The van der Waals surface area contributed by atoms with Gasteiger partial charge in [0, 0.05) is 6.07 Å². The number of nitro groups is 1. The van der Waals surface area contributed by atoms with Gasteiger partial charge in [0.05, 0.1) is 21.6 Å².